The molecule has 0 unspecified atom stereocenters. The normalized spacial score (nSPS) is 15.9. The van der Waals surface area contributed by atoms with Crippen LogP contribution in [-0.4, -0.2) is 126 Å². The molecule has 0 aromatic carbocycles. The van der Waals surface area contributed by atoms with Gasteiger partial charge in [-0.2, -0.15) is 12.6 Å². The third-order valence-electron chi connectivity index (χ3n) is 6.71. The highest BCUT2D eigenvalue weighted by Crippen LogP contribution is 2.20. The van der Waals surface area contributed by atoms with Crippen molar-refractivity contribution in [1.82, 2.24) is 36.8 Å². The van der Waals surface area contributed by atoms with Crippen molar-refractivity contribution in [3.8, 4) is 0 Å². The van der Waals surface area contributed by atoms with Gasteiger partial charge in [0.05, 0.1) is 19.6 Å². The molecule has 1 aliphatic rings. The second kappa shape index (κ2) is 19.8. The number of nitrogens with zero attached hydrogens (tertiary/aromatic N) is 1. The van der Waals surface area contributed by atoms with Gasteiger partial charge in [0.2, 0.25) is 47.3 Å². The summed E-state index contributed by atoms with van der Waals surface area (Å²) in [6.45, 7) is 1.46. The zero-order valence-electron chi connectivity index (χ0n) is 25.6. The molecule has 11 N–H and O–H groups in total. The van der Waals surface area contributed by atoms with E-state index in [4.69, 9.17) is 16.6 Å². The van der Waals surface area contributed by atoms with Gasteiger partial charge in [-0.25, -0.2) is 0 Å². The highest BCUT2D eigenvalue weighted by molar-refractivity contribution is 7.80. The molecule has 20 heteroatoms. The average molecular weight is 674 g/mol. The number of aliphatic carboxylic acids is 1. The van der Waals surface area contributed by atoms with Crippen molar-refractivity contribution in [1.29, 1.82) is 0 Å². The van der Waals surface area contributed by atoms with E-state index in [2.05, 4.69) is 44.5 Å². The maximum Gasteiger partial charge on any atom is 0.322 e. The number of carbonyl (C=O) groups excluding carboxylic acids is 8. The molecule has 19 nitrogen and oxygen atoms in total. The van der Waals surface area contributed by atoms with E-state index in [9.17, 15) is 43.2 Å². The summed E-state index contributed by atoms with van der Waals surface area (Å²) in [5, 5.41) is 23.0. The maximum atomic E-state index is 13.5. The van der Waals surface area contributed by atoms with Crippen LogP contribution < -0.4 is 43.4 Å². The number of nitrogens with two attached hydrogens (primary N) is 2. The molecule has 46 heavy (non-hydrogen) atoms. The monoisotopic (exact) mass is 673 g/mol. The maximum absolute atomic E-state index is 13.5. The lowest BCUT2D eigenvalue weighted by molar-refractivity contribution is -0.143. The number of carbonyl (C=O) groups is 9. The zero-order chi connectivity index (χ0) is 35.0. The number of likely N-dealkylation sites (tertiary alicyclic amines) is 1. The predicted molar refractivity (Wildman–Crippen MR) is 163 cm³/mol. The molecule has 0 radical (unpaired) electrons. The summed E-state index contributed by atoms with van der Waals surface area (Å²) in [7, 11) is 0. The van der Waals surface area contributed by atoms with Crippen molar-refractivity contribution in [2.75, 3.05) is 38.5 Å². The van der Waals surface area contributed by atoms with Crippen LogP contribution in [0.2, 0.25) is 0 Å². The minimum absolute atomic E-state index is 0.142. The standard InChI is InChI=1S/C26H43N9O10S/c1-13(2)22(34-23(42)15(12-46)32-20(39)10-30-19(38)9-29-18(37)8-27)25(44)33-14(5-6-17(28)36)26(45)35-7-3-4-16(35)24(43)31-11-21(40)41/h13-16,22,46H,3-12,27H2,1-2H3,(H2,28,36)(H,29,37)(H,30,38)(H,31,43)(H,32,39)(H,33,44)(H,34,42)(H,40,41)/t14-,15-,16-,22-/m0/s1. The first-order chi connectivity index (χ1) is 21.6. The fourth-order valence-corrected chi connectivity index (χ4v) is 4.57. The summed E-state index contributed by atoms with van der Waals surface area (Å²) in [6.07, 6.45) is 0.186. The molecule has 0 spiro atoms. The molecule has 1 saturated heterocycles. The van der Waals surface area contributed by atoms with Crippen LogP contribution in [0.3, 0.4) is 0 Å². The SMILES string of the molecule is CC(C)[C@H](NC(=O)[C@H](CS)NC(=O)CNC(=O)CNC(=O)CN)C(=O)N[C@@H](CCC(N)=O)C(=O)N1CCC[C@H]1C(=O)NCC(=O)O. The fourth-order valence-electron chi connectivity index (χ4n) is 4.31. The van der Waals surface area contributed by atoms with Crippen molar-refractivity contribution in [2.24, 2.45) is 17.4 Å². The van der Waals surface area contributed by atoms with Gasteiger partial charge in [0, 0.05) is 18.7 Å². The van der Waals surface area contributed by atoms with Gasteiger partial charge < -0.3 is 53.4 Å². The molecule has 4 atom stereocenters. The summed E-state index contributed by atoms with van der Waals surface area (Å²) in [6, 6.07) is -4.77. The van der Waals surface area contributed by atoms with Crippen molar-refractivity contribution in [3.05, 3.63) is 0 Å². The second-order valence-electron chi connectivity index (χ2n) is 10.7. The molecule has 0 bridgehead atoms. The van der Waals surface area contributed by atoms with Crippen LogP contribution in [0.5, 0.6) is 0 Å². The Morgan fingerprint density at radius 3 is 2.04 bits per heavy atom. The number of hydrogen-bond donors (Lipinski definition) is 10. The van der Waals surface area contributed by atoms with Crippen molar-refractivity contribution >= 4 is 65.9 Å². The van der Waals surface area contributed by atoms with Gasteiger partial charge in [-0.3, -0.25) is 43.2 Å². The largest absolute Gasteiger partial charge is 0.480 e. The molecule has 8 amide bonds. The van der Waals surface area contributed by atoms with Gasteiger partial charge in [-0.15, -0.1) is 0 Å². The molecule has 258 valence electrons. The Morgan fingerprint density at radius 2 is 1.48 bits per heavy atom. The van der Waals surface area contributed by atoms with Gasteiger partial charge in [0.15, 0.2) is 0 Å². The van der Waals surface area contributed by atoms with Crippen LogP contribution >= 0.6 is 12.6 Å². The molecule has 1 rings (SSSR count). The lowest BCUT2D eigenvalue weighted by atomic mass is 10.0. The van der Waals surface area contributed by atoms with Gasteiger partial charge in [0.25, 0.3) is 0 Å². The summed E-state index contributed by atoms with van der Waals surface area (Å²) in [5.41, 5.74) is 10.4. The van der Waals surface area contributed by atoms with Crippen LogP contribution in [-0.2, 0) is 43.2 Å². The molecule has 0 aromatic rings. The minimum Gasteiger partial charge on any atom is -0.480 e. The first-order valence-corrected chi connectivity index (χ1v) is 15.1. The fraction of sp³-hybridized carbons (Fsp3) is 0.654. The lowest BCUT2D eigenvalue weighted by Crippen LogP contribution is -2.60. The molecule has 0 saturated carbocycles. The van der Waals surface area contributed by atoms with Gasteiger partial charge in [-0.1, -0.05) is 13.8 Å². The Hall–Kier alpha value is -4.46. The molecule has 0 aliphatic carbocycles. The van der Waals surface area contributed by atoms with Crippen molar-refractivity contribution in [2.45, 2.75) is 63.7 Å². The molecule has 1 heterocycles. The third-order valence-corrected chi connectivity index (χ3v) is 7.07. The number of primary amides is 1. The third kappa shape index (κ3) is 13.7. The van der Waals surface area contributed by atoms with E-state index >= 15 is 0 Å². The first-order valence-electron chi connectivity index (χ1n) is 14.4. The average Bonchev–Trinajstić information content (AvgIpc) is 3.50. The van der Waals surface area contributed by atoms with Gasteiger partial charge >= 0.3 is 5.97 Å². The summed E-state index contributed by atoms with van der Waals surface area (Å²) >= 11 is 4.08. The number of carboxylic acid groups (broad SMARTS) is 1. The summed E-state index contributed by atoms with van der Waals surface area (Å²) < 4.78 is 0. The Morgan fingerprint density at radius 1 is 0.848 bits per heavy atom. The van der Waals surface area contributed by atoms with Crippen molar-refractivity contribution in [3.63, 3.8) is 0 Å². The number of amides is 8. The predicted octanol–water partition coefficient (Wildman–Crippen LogP) is -5.33. The van der Waals surface area contributed by atoms with Crippen LogP contribution in [0.1, 0.15) is 39.5 Å². The van der Waals surface area contributed by atoms with E-state index in [0.29, 0.717) is 6.42 Å². The van der Waals surface area contributed by atoms with E-state index in [0.717, 1.165) is 0 Å². The quantitative estimate of drug-likeness (QED) is 0.0577. The Kier molecular flexibility index (Phi) is 17.1. The van der Waals surface area contributed by atoms with Crippen LogP contribution in [0.25, 0.3) is 0 Å². The lowest BCUT2D eigenvalue weighted by Gasteiger charge is -2.30. The number of rotatable bonds is 19. The molecular formula is C26H43N9O10S. The topological polar surface area (TPSA) is 301 Å². The number of nitrogens with one attached hydrogen (secondary N) is 6. The number of thiol groups is 1. The zero-order valence-corrected chi connectivity index (χ0v) is 26.5. The van der Waals surface area contributed by atoms with E-state index in [1.165, 1.54) is 4.90 Å². The highest BCUT2D eigenvalue weighted by Gasteiger charge is 2.39. The number of carboxylic acids is 1. The molecular weight excluding hydrogens is 630 g/mol. The van der Waals surface area contributed by atoms with Crippen LogP contribution in [0.4, 0.5) is 0 Å². The van der Waals surface area contributed by atoms with E-state index in [1.807, 2.05) is 0 Å². The molecule has 0 aromatic heterocycles. The minimum atomic E-state index is -1.32. The number of hydrogen-bond acceptors (Lipinski definition) is 11. The van der Waals surface area contributed by atoms with Crippen LogP contribution in [0.15, 0.2) is 0 Å². The summed E-state index contributed by atoms with van der Waals surface area (Å²) in [5.74, 6) is -7.72. The smallest absolute Gasteiger partial charge is 0.322 e. The second-order valence-corrected chi connectivity index (χ2v) is 11.0. The van der Waals surface area contributed by atoms with Gasteiger partial charge in [-0.05, 0) is 25.2 Å². The Bertz CT molecular complexity index is 1170. The van der Waals surface area contributed by atoms with Gasteiger partial charge in [0.1, 0.15) is 30.7 Å². The van der Waals surface area contributed by atoms with Crippen molar-refractivity contribution < 1.29 is 48.3 Å². The van der Waals surface area contributed by atoms with E-state index < -0.39 is 103 Å². The summed E-state index contributed by atoms with van der Waals surface area (Å²) in [4.78, 5) is 111. The van der Waals surface area contributed by atoms with E-state index in [-0.39, 0.29) is 38.1 Å². The Balaban J connectivity index is 2.94. The Labute approximate surface area is 270 Å². The highest BCUT2D eigenvalue weighted by atomic mass is 32.1. The van der Waals surface area contributed by atoms with Crippen LogP contribution in [0, 0.1) is 5.92 Å². The molecule has 1 aliphatic heterocycles. The first kappa shape index (κ1) is 39.6. The molecule has 1 fully saturated rings. The van der Waals surface area contributed by atoms with E-state index in [1.54, 1.807) is 13.8 Å².